The van der Waals surface area contributed by atoms with E-state index in [-0.39, 0.29) is 10.8 Å². The first-order chi connectivity index (χ1) is 16.0. The van der Waals surface area contributed by atoms with Crippen molar-refractivity contribution in [1.29, 1.82) is 0 Å². The lowest BCUT2D eigenvalue weighted by molar-refractivity contribution is 0.221. The molecule has 2 aliphatic rings. The largest absolute Gasteiger partial charge is 0.490 e. The van der Waals surface area contributed by atoms with Gasteiger partial charge in [0.2, 0.25) is 15.8 Å². The van der Waals surface area contributed by atoms with E-state index in [1.807, 2.05) is 12.4 Å². The van der Waals surface area contributed by atoms with Crippen LogP contribution in [0.5, 0.6) is 11.5 Å². The predicted octanol–water partition coefficient (Wildman–Crippen LogP) is 2.92. The van der Waals surface area contributed by atoms with Crippen LogP contribution in [0.4, 0.5) is 5.95 Å². The Labute approximate surface area is 192 Å². The Hall–Kier alpha value is -3.27. The molecule has 1 fully saturated rings. The maximum atomic E-state index is 11.9. The van der Waals surface area contributed by atoms with E-state index >= 15 is 0 Å². The summed E-state index contributed by atoms with van der Waals surface area (Å²) in [5, 5.41) is 0. The first-order valence-electron chi connectivity index (χ1n) is 11.0. The van der Waals surface area contributed by atoms with Crippen LogP contribution in [0.15, 0.2) is 47.9 Å². The first kappa shape index (κ1) is 21.6. The Kier molecular flexibility index (Phi) is 5.84. The third kappa shape index (κ3) is 4.61. The molecule has 0 saturated carbocycles. The summed E-state index contributed by atoms with van der Waals surface area (Å²) in [4.78, 5) is 20.1. The molecule has 1 aromatic carbocycles. The predicted molar refractivity (Wildman–Crippen MR) is 122 cm³/mol. The summed E-state index contributed by atoms with van der Waals surface area (Å²) < 4.78 is 35.0. The molecule has 0 N–H and O–H groups in total. The lowest BCUT2D eigenvalue weighted by Gasteiger charge is -2.31. The average molecular weight is 468 g/mol. The van der Waals surface area contributed by atoms with Crippen molar-refractivity contribution in [3.05, 3.63) is 48.5 Å². The van der Waals surface area contributed by atoms with Crippen molar-refractivity contribution in [2.24, 2.45) is 5.92 Å². The minimum Gasteiger partial charge on any atom is -0.490 e. The smallest absolute Gasteiger partial charge is 0.225 e. The van der Waals surface area contributed by atoms with Crippen molar-refractivity contribution >= 4 is 15.8 Å². The van der Waals surface area contributed by atoms with Crippen LogP contribution in [0.2, 0.25) is 0 Å². The van der Waals surface area contributed by atoms with Gasteiger partial charge >= 0.3 is 0 Å². The molecule has 0 unspecified atom stereocenters. The summed E-state index contributed by atoms with van der Waals surface area (Å²) in [6, 6.07) is 4.88. The van der Waals surface area contributed by atoms with Gasteiger partial charge in [-0.25, -0.2) is 28.4 Å². The van der Waals surface area contributed by atoms with Gasteiger partial charge in [-0.1, -0.05) is 6.92 Å². The van der Waals surface area contributed by atoms with Crippen LogP contribution in [0.25, 0.3) is 11.4 Å². The maximum Gasteiger partial charge on any atom is 0.225 e. The van der Waals surface area contributed by atoms with Crippen molar-refractivity contribution < 1.29 is 17.9 Å². The molecule has 33 heavy (non-hydrogen) atoms. The number of aromatic nitrogens is 4. The van der Waals surface area contributed by atoms with E-state index in [0.29, 0.717) is 35.4 Å². The van der Waals surface area contributed by atoms with Gasteiger partial charge in [0.05, 0.1) is 19.0 Å². The monoisotopic (exact) mass is 467 g/mol. The number of benzene rings is 1. The maximum absolute atomic E-state index is 11.9. The number of hydrogen-bond acceptors (Lipinski definition) is 9. The summed E-state index contributed by atoms with van der Waals surface area (Å²) >= 11 is 0. The van der Waals surface area contributed by atoms with E-state index in [0.717, 1.165) is 43.9 Å². The minimum absolute atomic E-state index is 0.210. The van der Waals surface area contributed by atoms with Gasteiger partial charge < -0.3 is 14.4 Å². The van der Waals surface area contributed by atoms with Crippen molar-refractivity contribution in [2.45, 2.75) is 31.1 Å². The molecular weight excluding hydrogens is 442 g/mol. The van der Waals surface area contributed by atoms with E-state index in [1.54, 1.807) is 24.5 Å². The zero-order valence-corrected chi connectivity index (χ0v) is 19.2. The molecule has 0 aliphatic carbocycles. The number of aryl methyl sites for hydroxylation is 1. The standard InChI is InChI=1S/C23H25N5O4S/c1-2-16-10-26-23(27-11-16)28-7-5-17(6-8-28)14-31-19-12-24-22(25-13-19)18-3-4-21-20(9-18)32-15-33(21,29)30/h3-4,9-13,17H,2,5-8,14-15H2,1H3. The molecule has 4 heterocycles. The highest BCUT2D eigenvalue weighted by atomic mass is 32.2. The second kappa shape index (κ2) is 8.93. The highest BCUT2D eigenvalue weighted by molar-refractivity contribution is 7.91. The van der Waals surface area contributed by atoms with Gasteiger partial charge in [0.1, 0.15) is 10.6 Å². The Balaban J connectivity index is 1.14. The number of sulfone groups is 1. The molecule has 3 aromatic rings. The zero-order chi connectivity index (χ0) is 22.8. The molecule has 2 aromatic heterocycles. The van der Waals surface area contributed by atoms with Crippen LogP contribution in [0, 0.1) is 5.92 Å². The zero-order valence-electron chi connectivity index (χ0n) is 18.3. The molecule has 0 radical (unpaired) electrons. The number of ether oxygens (including phenoxy) is 2. The van der Waals surface area contributed by atoms with E-state index < -0.39 is 9.84 Å². The number of nitrogens with zero attached hydrogens (tertiary/aromatic N) is 5. The molecule has 0 bridgehead atoms. The average Bonchev–Trinajstić information content (AvgIpc) is 3.17. The Morgan fingerprint density at radius 3 is 2.48 bits per heavy atom. The van der Waals surface area contributed by atoms with E-state index in [2.05, 4.69) is 31.8 Å². The molecule has 0 spiro atoms. The molecule has 10 heteroatoms. The summed E-state index contributed by atoms with van der Waals surface area (Å²) in [5.41, 5.74) is 1.84. The Morgan fingerprint density at radius 2 is 1.79 bits per heavy atom. The molecule has 2 aliphatic heterocycles. The van der Waals surface area contributed by atoms with Gasteiger partial charge in [0.25, 0.3) is 0 Å². The number of anilines is 1. The van der Waals surface area contributed by atoms with Gasteiger partial charge in [-0.2, -0.15) is 0 Å². The van der Waals surface area contributed by atoms with Crippen molar-refractivity contribution in [3.8, 4) is 22.9 Å². The molecule has 172 valence electrons. The molecule has 1 saturated heterocycles. The first-order valence-corrected chi connectivity index (χ1v) is 12.7. The van der Waals surface area contributed by atoms with Crippen LogP contribution in [-0.4, -0.2) is 54.0 Å². The normalized spacial score (nSPS) is 17.4. The van der Waals surface area contributed by atoms with E-state index in [4.69, 9.17) is 9.47 Å². The van der Waals surface area contributed by atoms with Gasteiger partial charge in [0, 0.05) is 31.0 Å². The van der Waals surface area contributed by atoms with E-state index in [1.165, 1.54) is 6.07 Å². The summed E-state index contributed by atoms with van der Waals surface area (Å²) in [7, 11) is -3.34. The molecular formula is C23H25N5O4S. The highest BCUT2D eigenvalue weighted by Crippen LogP contribution is 2.34. The number of piperidine rings is 1. The SMILES string of the molecule is CCc1cnc(N2CCC(COc3cnc(-c4ccc5c(c4)OCS5(=O)=O)nc3)CC2)nc1. The quantitative estimate of drug-likeness (QED) is 0.541. The fourth-order valence-electron chi connectivity index (χ4n) is 3.97. The second-order valence-electron chi connectivity index (χ2n) is 8.27. The minimum atomic E-state index is -3.34. The third-order valence-electron chi connectivity index (χ3n) is 6.02. The van der Waals surface area contributed by atoms with Crippen molar-refractivity contribution in [3.63, 3.8) is 0 Å². The summed E-state index contributed by atoms with van der Waals surface area (Å²) in [6.07, 6.45) is 10.1. The van der Waals surface area contributed by atoms with Crippen LogP contribution in [-0.2, 0) is 16.3 Å². The van der Waals surface area contributed by atoms with Crippen molar-refractivity contribution in [1.82, 2.24) is 19.9 Å². The molecule has 0 atom stereocenters. The number of hydrogen-bond donors (Lipinski definition) is 0. The highest BCUT2D eigenvalue weighted by Gasteiger charge is 2.28. The van der Waals surface area contributed by atoms with Crippen LogP contribution < -0.4 is 14.4 Å². The Morgan fingerprint density at radius 1 is 1.06 bits per heavy atom. The molecule has 9 nitrogen and oxygen atoms in total. The molecule has 0 amide bonds. The van der Waals surface area contributed by atoms with Gasteiger partial charge in [0.15, 0.2) is 17.5 Å². The van der Waals surface area contributed by atoms with Crippen LogP contribution in [0.3, 0.4) is 0 Å². The second-order valence-corrected chi connectivity index (χ2v) is 10.2. The van der Waals surface area contributed by atoms with E-state index in [9.17, 15) is 8.42 Å². The summed E-state index contributed by atoms with van der Waals surface area (Å²) in [5.74, 6) is 2.36. The van der Waals surface area contributed by atoms with Crippen LogP contribution >= 0.6 is 0 Å². The van der Waals surface area contributed by atoms with Gasteiger partial charge in [-0.05, 0) is 48.9 Å². The number of fused-ring (bicyclic) bond motifs is 1. The van der Waals surface area contributed by atoms with Crippen molar-refractivity contribution in [2.75, 3.05) is 30.5 Å². The number of rotatable bonds is 6. The Bertz CT molecular complexity index is 1220. The lowest BCUT2D eigenvalue weighted by atomic mass is 9.98. The third-order valence-corrected chi connectivity index (χ3v) is 7.45. The van der Waals surface area contributed by atoms with Gasteiger partial charge in [-0.15, -0.1) is 0 Å². The molecule has 5 rings (SSSR count). The lowest BCUT2D eigenvalue weighted by Crippen LogP contribution is -2.36. The fourth-order valence-corrected chi connectivity index (χ4v) is 5.08. The van der Waals surface area contributed by atoms with Gasteiger partial charge in [-0.3, -0.25) is 0 Å². The fraction of sp³-hybridized carbons (Fsp3) is 0.391. The summed E-state index contributed by atoms with van der Waals surface area (Å²) in [6.45, 7) is 4.52. The topological polar surface area (TPSA) is 107 Å². The van der Waals surface area contributed by atoms with Crippen LogP contribution in [0.1, 0.15) is 25.3 Å².